The third-order valence-electron chi connectivity index (χ3n) is 1.60. The van der Waals surface area contributed by atoms with Crippen LogP contribution in [0.5, 0.6) is 5.75 Å². The second kappa shape index (κ2) is 2.91. The Morgan fingerprint density at radius 3 is 3.00 bits per heavy atom. The highest BCUT2D eigenvalue weighted by Crippen LogP contribution is 2.18. The predicted molar refractivity (Wildman–Crippen MR) is 45.5 cm³/mol. The standard InChI is InChI=1S/C8H5NO5/c10-7-9-5-2-1-4(13-8(11)12)3-6(5)14-7/h1-3H,(H,9,10)(H,11,12). The van der Waals surface area contributed by atoms with Gasteiger partial charge in [-0.1, -0.05) is 0 Å². The summed E-state index contributed by atoms with van der Waals surface area (Å²) < 4.78 is 9.08. The number of carboxylic acid groups (broad SMARTS) is 1. The van der Waals surface area contributed by atoms with Gasteiger partial charge in [-0.15, -0.1) is 0 Å². The SMILES string of the molecule is O=C(O)Oc1ccc2[nH]c(=O)oc2c1. The molecule has 6 nitrogen and oxygen atoms in total. The van der Waals surface area contributed by atoms with Crippen LogP contribution in [0.1, 0.15) is 0 Å². The number of aromatic amines is 1. The number of fused-ring (bicyclic) bond motifs is 1. The zero-order valence-corrected chi connectivity index (χ0v) is 6.81. The summed E-state index contributed by atoms with van der Waals surface area (Å²) in [5.74, 6) is -0.486. The first-order valence-corrected chi connectivity index (χ1v) is 3.69. The van der Waals surface area contributed by atoms with Crippen molar-refractivity contribution in [2.75, 3.05) is 0 Å². The molecule has 0 unspecified atom stereocenters. The Bertz CT molecular complexity index is 538. The molecule has 0 spiro atoms. The Morgan fingerprint density at radius 2 is 2.29 bits per heavy atom. The number of carbonyl (C=O) groups is 1. The average Bonchev–Trinajstić information content (AvgIpc) is 2.42. The molecule has 0 amide bonds. The first-order chi connectivity index (χ1) is 6.65. The van der Waals surface area contributed by atoms with Gasteiger partial charge in [0.15, 0.2) is 5.58 Å². The van der Waals surface area contributed by atoms with Crippen LogP contribution in [-0.2, 0) is 0 Å². The number of nitrogens with one attached hydrogen (secondary N) is 1. The number of ether oxygens (including phenoxy) is 1. The molecule has 0 aliphatic heterocycles. The van der Waals surface area contributed by atoms with E-state index in [0.717, 1.165) is 0 Å². The molecule has 0 saturated heterocycles. The van der Waals surface area contributed by atoms with Crippen molar-refractivity contribution < 1.29 is 19.1 Å². The van der Waals surface area contributed by atoms with E-state index in [4.69, 9.17) is 9.52 Å². The summed E-state index contributed by atoms with van der Waals surface area (Å²) >= 11 is 0. The van der Waals surface area contributed by atoms with Gasteiger partial charge >= 0.3 is 11.9 Å². The Balaban J connectivity index is 2.50. The van der Waals surface area contributed by atoms with Crippen LogP contribution < -0.4 is 10.5 Å². The van der Waals surface area contributed by atoms with E-state index < -0.39 is 11.9 Å². The minimum Gasteiger partial charge on any atom is -0.449 e. The van der Waals surface area contributed by atoms with Crippen LogP contribution >= 0.6 is 0 Å². The van der Waals surface area contributed by atoms with Gasteiger partial charge in [-0.2, -0.15) is 0 Å². The molecule has 0 fully saturated rings. The second-order valence-corrected chi connectivity index (χ2v) is 2.54. The van der Waals surface area contributed by atoms with E-state index in [9.17, 15) is 9.59 Å². The molecular formula is C8H5NO5. The smallest absolute Gasteiger partial charge is 0.449 e. The molecule has 6 heteroatoms. The van der Waals surface area contributed by atoms with E-state index in [1.807, 2.05) is 0 Å². The molecule has 1 aromatic carbocycles. The highest BCUT2D eigenvalue weighted by Gasteiger charge is 2.05. The Labute approximate surface area is 76.7 Å². The maximum atomic E-state index is 10.7. The highest BCUT2D eigenvalue weighted by atomic mass is 16.7. The molecule has 0 radical (unpaired) electrons. The Morgan fingerprint density at radius 1 is 1.50 bits per heavy atom. The fourth-order valence-electron chi connectivity index (χ4n) is 1.09. The number of aromatic nitrogens is 1. The molecular weight excluding hydrogens is 190 g/mol. The lowest BCUT2D eigenvalue weighted by molar-refractivity contribution is 0.144. The minimum absolute atomic E-state index is 0.104. The lowest BCUT2D eigenvalue weighted by atomic mass is 10.3. The lowest BCUT2D eigenvalue weighted by Gasteiger charge is -1.97. The summed E-state index contributed by atoms with van der Waals surface area (Å²) in [5.41, 5.74) is 0.751. The number of H-pyrrole nitrogens is 1. The quantitative estimate of drug-likeness (QED) is 0.526. The summed E-state index contributed by atoms with van der Waals surface area (Å²) in [6.45, 7) is 0. The minimum atomic E-state index is -1.41. The first kappa shape index (κ1) is 8.36. The molecule has 72 valence electrons. The molecule has 2 rings (SSSR count). The van der Waals surface area contributed by atoms with Gasteiger partial charge in [-0.3, -0.25) is 4.98 Å². The third-order valence-corrected chi connectivity index (χ3v) is 1.60. The summed E-state index contributed by atoms with van der Waals surface area (Å²) in [5, 5.41) is 8.32. The van der Waals surface area contributed by atoms with Gasteiger partial charge in [-0.25, -0.2) is 9.59 Å². The van der Waals surface area contributed by atoms with Crippen molar-refractivity contribution >= 4 is 17.3 Å². The Hall–Kier alpha value is -2.24. The molecule has 0 saturated carbocycles. The molecule has 0 atom stereocenters. The molecule has 14 heavy (non-hydrogen) atoms. The number of hydrogen-bond donors (Lipinski definition) is 2. The molecule has 2 aromatic rings. The monoisotopic (exact) mass is 195 g/mol. The van der Waals surface area contributed by atoms with Crippen LogP contribution in [0.15, 0.2) is 27.4 Å². The number of rotatable bonds is 1. The van der Waals surface area contributed by atoms with E-state index in [1.54, 1.807) is 0 Å². The summed E-state index contributed by atoms with van der Waals surface area (Å²) in [7, 11) is 0. The topological polar surface area (TPSA) is 92.5 Å². The number of oxazole rings is 1. The third kappa shape index (κ3) is 1.45. The summed E-state index contributed by atoms with van der Waals surface area (Å²) in [4.78, 5) is 23.3. The van der Waals surface area contributed by atoms with Crippen LogP contribution in [0.2, 0.25) is 0 Å². The first-order valence-electron chi connectivity index (χ1n) is 3.69. The highest BCUT2D eigenvalue weighted by molar-refractivity contribution is 5.75. The van der Waals surface area contributed by atoms with Gasteiger partial charge in [-0.05, 0) is 12.1 Å². The van der Waals surface area contributed by atoms with E-state index in [2.05, 4.69) is 9.72 Å². The maximum Gasteiger partial charge on any atom is 0.511 e. The van der Waals surface area contributed by atoms with Crippen LogP contribution in [0.4, 0.5) is 4.79 Å². The van der Waals surface area contributed by atoms with Gasteiger partial charge in [0.1, 0.15) is 5.75 Å². The van der Waals surface area contributed by atoms with Crippen molar-refractivity contribution in [3.05, 3.63) is 28.7 Å². The molecule has 0 aliphatic carbocycles. The number of hydrogen-bond acceptors (Lipinski definition) is 4. The van der Waals surface area contributed by atoms with Crippen LogP contribution in [0.3, 0.4) is 0 Å². The fourth-order valence-corrected chi connectivity index (χ4v) is 1.09. The zero-order valence-electron chi connectivity index (χ0n) is 6.81. The van der Waals surface area contributed by atoms with E-state index in [0.29, 0.717) is 5.52 Å². The fraction of sp³-hybridized carbons (Fsp3) is 0. The van der Waals surface area contributed by atoms with E-state index >= 15 is 0 Å². The van der Waals surface area contributed by atoms with Crippen molar-refractivity contribution in [1.82, 2.24) is 4.98 Å². The van der Waals surface area contributed by atoms with Gasteiger partial charge in [0.05, 0.1) is 5.52 Å². The summed E-state index contributed by atoms with van der Waals surface area (Å²) in [6.07, 6.45) is -1.41. The van der Waals surface area contributed by atoms with Gasteiger partial charge < -0.3 is 14.3 Å². The van der Waals surface area contributed by atoms with E-state index in [1.165, 1.54) is 18.2 Å². The van der Waals surface area contributed by atoms with Crippen LogP contribution in [-0.4, -0.2) is 16.2 Å². The molecule has 1 aromatic heterocycles. The zero-order chi connectivity index (χ0) is 10.1. The summed E-state index contributed by atoms with van der Waals surface area (Å²) in [6, 6.07) is 4.24. The average molecular weight is 195 g/mol. The molecule has 0 bridgehead atoms. The van der Waals surface area contributed by atoms with E-state index in [-0.39, 0.29) is 11.3 Å². The van der Waals surface area contributed by atoms with Crippen LogP contribution in [0.25, 0.3) is 11.1 Å². The largest absolute Gasteiger partial charge is 0.511 e. The molecule has 1 heterocycles. The van der Waals surface area contributed by atoms with Gasteiger partial charge in [0.2, 0.25) is 0 Å². The van der Waals surface area contributed by atoms with Crippen molar-refractivity contribution in [2.24, 2.45) is 0 Å². The van der Waals surface area contributed by atoms with Crippen molar-refractivity contribution in [3.63, 3.8) is 0 Å². The normalized spacial score (nSPS) is 10.3. The van der Waals surface area contributed by atoms with Gasteiger partial charge in [0.25, 0.3) is 0 Å². The van der Waals surface area contributed by atoms with Crippen molar-refractivity contribution in [3.8, 4) is 5.75 Å². The Kier molecular flexibility index (Phi) is 1.74. The predicted octanol–water partition coefficient (Wildman–Crippen LogP) is 1.18. The van der Waals surface area contributed by atoms with Crippen LogP contribution in [0, 0.1) is 0 Å². The molecule has 2 N–H and O–H groups in total. The van der Waals surface area contributed by atoms with Crippen molar-refractivity contribution in [2.45, 2.75) is 0 Å². The second-order valence-electron chi connectivity index (χ2n) is 2.54. The van der Waals surface area contributed by atoms with Crippen molar-refractivity contribution in [1.29, 1.82) is 0 Å². The number of benzene rings is 1. The maximum absolute atomic E-state index is 10.7. The van der Waals surface area contributed by atoms with Gasteiger partial charge in [0, 0.05) is 6.07 Å². The lowest BCUT2D eigenvalue weighted by Crippen LogP contribution is -2.02. The molecule has 0 aliphatic rings.